The van der Waals surface area contributed by atoms with E-state index in [0.29, 0.717) is 10.6 Å². The number of aryl methyl sites for hydroxylation is 1. The molecule has 0 N–H and O–H groups in total. The van der Waals surface area contributed by atoms with Gasteiger partial charge in [0.25, 0.3) is 0 Å². The van der Waals surface area contributed by atoms with Gasteiger partial charge in [0.1, 0.15) is 11.6 Å². The van der Waals surface area contributed by atoms with Crippen molar-refractivity contribution in [2.75, 3.05) is 0 Å². The Balaban J connectivity index is 2.52. The number of hydrogen-bond donors (Lipinski definition) is 0. The average Bonchev–Trinajstić information content (AvgIpc) is 2.36. The van der Waals surface area contributed by atoms with Crippen molar-refractivity contribution in [1.82, 2.24) is 0 Å². The summed E-state index contributed by atoms with van der Waals surface area (Å²) in [6.45, 7) is 1.50. The minimum Gasteiger partial charge on any atom is -0.207 e. The first kappa shape index (κ1) is 14.8. The summed E-state index contributed by atoms with van der Waals surface area (Å²) < 4.78 is 28.2. The predicted molar refractivity (Wildman–Crippen MR) is 77.9 cm³/mol. The van der Waals surface area contributed by atoms with Crippen molar-refractivity contribution in [3.05, 3.63) is 68.2 Å². The molecule has 1 unspecified atom stereocenters. The fraction of sp³-hybridized carbons (Fsp3) is 0.143. The molecular formula is C14H9BrCl2F2. The third-order valence-electron chi connectivity index (χ3n) is 2.78. The molecule has 5 heteroatoms. The Morgan fingerprint density at radius 2 is 1.74 bits per heavy atom. The Bertz CT molecular complexity index is 629. The maximum Gasteiger partial charge on any atom is 0.128 e. The zero-order valence-electron chi connectivity index (χ0n) is 9.85. The molecule has 0 radical (unpaired) electrons. The van der Waals surface area contributed by atoms with Crippen molar-refractivity contribution in [3.63, 3.8) is 0 Å². The molecule has 0 heterocycles. The Kier molecular flexibility index (Phi) is 4.49. The molecule has 0 aliphatic heterocycles. The minimum atomic E-state index is -0.847. The van der Waals surface area contributed by atoms with Gasteiger partial charge in [-0.1, -0.05) is 27.5 Å². The number of benzene rings is 2. The molecule has 0 amide bonds. The van der Waals surface area contributed by atoms with Gasteiger partial charge >= 0.3 is 0 Å². The highest BCUT2D eigenvalue weighted by molar-refractivity contribution is 9.10. The van der Waals surface area contributed by atoms with Gasteiger partial charge in [0.2, 0.25) is 0 Å². The van der Waals surface area contributed by atoms with Gasteiger partial charge in [0.05, 0.1) is 5.38 Å². The fourth-order valence-electron chi connectivity index (χ4n) is 1.73. The number of halogens is 5. The lowest BCUT2D eigenvalue weighted by atomic mass is 10.0. The summed E-state index contributed by atoms with van der Waals surface area (Å²) >= 11 is 15.6. The Morgan fingerprint density at radius 3 is 2.42 bits per heavy atom. The van der Waals surface area contributed by atoms with Gasteiger partial charge in [0, 0.05) is 15.1 Å². The van der Waals surface area contributed by atoms with Crippen LogP contribution in [0.3, 0.4) is 0 Å². The van der Waals surface area contributed by atoms with E-state index >= 15 is 0 Å². The van der Waals surface area contributed by atoms with E-state index in [1.807, 2.05) is 0 Å². The van der Waals surface area contributed by atoms with Gasteiger partial charge in [-0.05, 0) is 48.4 Å². The van der Waals surface area contributed by atoms with E-state index in [9.17, 15) is 8.78 Å². The molecule has 0 aliphatic carbocycles. The Hall–Kier alpha value is -0.640. The fourth-order valence-corrected chi connectivity index (χ4v) is 2.74. The largest absolute Gasteiger partial charge is 0.207 e. The summed E-state index contributed by atoms with van der Waals surface area (Å²) in [7, 11) is 0. The second-order valence-corrected chi connectivity index (χ2v) is 5.91. The van der Waals surface area contributed by atoms with Crippen LogP contribution < -0.4 is 0 Å². The van der Waals surface area contributed by atoms with E-state index in [1.165, 1.54) is 6.92 Å². The van der Waals surface area contributed by atoms with Crippen LogP contribution in [0.1, 0.15) is 22.1 Å². The SMILES string of the molecule is Cc1cc(F)c(C(Cl)c2cc(Br)ccc2Cl)cc1F. The van der Waals surface area contributed by atoms with E-state index in [0.717, 1.165) is 16.6 Å². The quantitative estimate of drug-likeness (QED) is 0.571. The number of hydrogen-bond acceptors (Lipinski definition) is 0. The Labute approximate surface area is 128 Å². The molecule has 0 saturated carbocycles. The summed E-state index contributed by atoms with van der Waals surface area (Å²) in [6, 6.07) is 7.34. The highest BCUT2D eigenvalue weighted by atomic mass is 79.9. The van der Waals surface area contributed by atoms with Crippen LogP contribution >= 0.6 is 39.1 Å². The summed E-state index contributed by atoms with van der Waals surface area (Å²) in [5, 5.41) is -0.441. The van der Waals surface area contributed by atoms with Gasteiger partial charge in [-0.3, -0.25) is 0 Å². The lowest BCUT2D eigenvalue weighted by Crippen LogP contribution is -2.00. The summed E-state index contributed by atoms with van der Waals surface area (Å²) in [6.07, 6.45) is 0. The zero-order valence-corrected chi connectivity index (χ0v) is 13.0. The number of rotatable bonds is 2. The summed E-state index contributed by atoms with van der Waals surface area (Å²) in [5.74, 6) is -1.04. The first-order valence-corrected chi connectivity index (χ1v) is 7.05. The van der Waals surface area contributed by atoms with Crippen LogP contribution in [0.25, 0.3) is 0 Å². The average molecular weight is 366 g/mol. The summed E-state index contributed by atoms with van der Waals surface area (Å²) in [4.78, 5) is 0. The normalized spacial score (nSPS) is 12.5. The van der Waals surface area contributed by atoms with Crippen LogP contribution in [0.15, 0.2) is 34.8 Å². The zero-order chi connectivity index (χ0) is 14.2. The molecule has 0 saturated heterocycles. The van der Waals surface area contributed by atoms with Gasteiger partial charge in [-0.25, -0.2) is 8.78 Å². The molecular weight excluding hydrogens is 357 g/mol. The second kappa shape index (κ2) is 5.78. The van der Waals surface area contributed by atoms with E-state index in [2.05, 4.69) is 15.9 Å². The molecule has 0 nitrogen and oxygen atoms in total. The standard InChI is InChI=1S/C14H9BrCl2F2/c1-7-4-13(19)10(6-12(7)18)14(17)9-5-8(15)2-3-11(9)16/h2-6,14H,1H3. The molecule has 0 aliphatic rings. The molecule has 100 valence electrons. The molecule has 1 atom stereocenters. The van der Waals surface area contributed by atoms with Crippen LogP contribution in [-0.2, 0) is 0 Å². The van der Waals surface area contributed by atoms with Crippen molar-refractivity contribution in [1.29, 1.82) is 0 Å². The van der Waals surface area contributed by atoms with Crippen LogP contribution in [0, 0.1) is 18.6 Å². The molecule has 2 aromatic rings. The first-order chi connectivity index (χ1) is 8.90. The maximum absolute atomic E-state index is 13.9. The van der Waals surface area contributed by atoms with Crippen LogP contribution in [-0.4, -0.2) is 0 Å². The van der Waals surface area contributed by atoms with Crippen molar-refractivity contribution in [2.24, 2.45) is 0 Å². The summed E-state index contributed by atoms with van der Waals surface area (Å²) in [5.41, 5.74) is 0.843. The molecule has 2 aromatic carbocycles. The number of alkyl halides is 1. The molecule has 0 fully saturated rings. The second-order valence-electron chi connectivity index (χ2n) is 4.15. The molecule has 0 bridgehead atoms. The third-order valence-corrected chi connectivity index (χ3v) is 4.09. The lowest BCUT2D eigenvalue weighted by molar-refractivity contribution is 0.580. The van der Waals surface area contributed by atoms with Gasteiger partial charge in [-0.2, -0.15) is 0 Å². The van der Waals surface area contributed by atoms with E-state index in [4.69, 9.17) is 23.2 Å². The minimum absolute atomic E-state index is 0.0739. The van der Waals surface area contributed by atoms with Gasteiger partial charge in [-0.15, -0.1) is 11.6 Å². The molecule has 0 spiro atoms. The van der Waals surface area contributed by atoms with Gasteiger partial charge in [0.15, 0.2) is 0 Å². The van der Waals surface area contributed by atoms with E-state index < -0.39 is 17.0 Å². The topological polar surface area (TPSA) is 0 Å². The van der Waals surface area contributed by atoms with Crippen LogP contribution in [0.2, 0.25) is 5.02 Å². The van der Waals surface area contributed by atoms with Crippen molar-refractivity contribution in [2.45, 2.75) is 12.3 Å². The van der Waals surface area contributed by atoms with Crippen molar-refractivity contribution >= 4 is 39.1 Å². The van der Waals surface area contributed by atoms with Crippen molar-refractivity contribution < 1.29 is 8.78 Å². The highest BCUT2D eigenvalue weighted by Gasteiger charge is 2.20. The van der Waals surface area contributed by atoms with Crippen LogP contribution in [0.5, 0.6) is 0 Å². The van der Waals surface area contributed by atoms with Crippen molar-refractivity contribution in [3.8, 4) is 0 Å². The molecule has 0 aromatic heterocycles. The third kappa shape index (κ3) is 3.10. The highest BCUT2D eigenvalue weighted by Crippen LogP contribution is 2.37. The molecule has 2 rings (SSSR count). The predicted octanol–water partition coefficient (Wildman–Crippen LogP) is 6.02. The first-order valence-electron chi connectivity index (χ1n) is 5.44. The van der Waals surface area contributed by atoms with Crippen LogP contribution in [0.4, 0.5) is 8.78 Å². The molecule has 19 heavy (non-hydrogen) atoms. The van der Waals surface area contributed by atoms with E-state index in [-0.39, 0.29) is 11.1 Å². The van der Waals surface area contributed by atoms with Gasteiger partial charge < -0.3 is 0 Å². The lowest BCUT2D eigenvalue weighted by Gasteiger charge is -2.14. The smallest absolute Gasteiger partial charge is 0.128 e. The van der Waals surface area contributed by atoms with E-state index in [1.54, 1.807) is 18.2 Å². The maximum atomic E-state index is 13.9. The monoisotopic (exact) mass is 364 g/mol. The Morgan fingerprint density at radius 1 is 1.05 bits per heavy atom.